The van der Waals surface area contributed by atoms with Crippen LogP contribution in [0.1, 0.15) is 50.1 Å². The molecule has 5 heteroatoms. The third-order valence-electron chi connectivity index (χ3n) is 4.25. The lowest BCUT2D eigenvalue weighted by Crippen LogP contribution is -2.35. The molecule has 1 heterocycles. The number of likely N-dealkylation sites (tertiary alicyclic amines) is 1. The summed E-state index contributed by atoms with van der Waals surface area (Å²) in [6, 6.07) is 9.27. The first-order valence-corrected chi connectivity index (χ1v) is 8.52. The highest BCUT2D eigenvalue weighted by Crippen LogP contribution is 2.13. The highest BCUT2D eigenvalue weighted by atomic mass is 16.2. The van der Waals surface area contributed by atoms with Gasteiger partial charge in [0.2, 0.25) is 11.8 Å². The van der Waals surface area contributed by atoms with Crippen molar-refractivity contribution < 1.29 is 9.59 Å². The van der Waals surface area contributed by atoms with Crippen LogP contribution in [0.4, 0.5) is 0 Å². The van der Waals surface area contributed by atoms with Crippen molar-refractivity contribution in [3.63, 3.8) is 0 Å². The molecule has 1 fully saturated rings. The summed E-state index contributed by atoms with van der Waals surface area (Å²) in [7, 11) is 0. The Morgan fingerprint density at radius 1 is 1.09 bits per heavy atom. The Bertz CT molecular complexity index is 496. The quantitative estimate of drug-likeness (QED) is 0.842. The molecule has 2 amide bonds. The number of hydrogen-bond donors (Lipinski definition) is 2. The number of nitrogens with two attached hydrogens (primary N) is 1. The van der Waals surface area contributed by atoms with Crippen LogP contribution < -0.4 is 11.1 Å². The van der Waals surface area contributed by atoms with Gasteiger partial charge in [0.05, 0.1) is 0 Å². The molecular formula is C18H27N3O2. The molecule has 0 aromatic heterocycles. The third kappa shape index (κ3) is 6.02. The first-order chi connectivity index (χ1) is 11.2. The zero-order chi connectivity index (χ0) is 16.5. The summed E-state index contributed by atoms with van der Waals surface area (Å²) in [6.45, 7) is 2.09. The molecule has 0 saturated carbocycles. The summed E-state index contributed by atoms with van der Waals surface area (Å²) in [5, 5.41) is 2.80. The number of benzene rings is 1. The molecule has 1 atom stereocenters. The molecule has 3 N–H and O–H groups in total. The Morgan fingerprint density at radius 3 is 2.39 bits per heavy atom. The van der Waals surface area contributed by atoms with E-state index < -0.39 is 0 Å². The van der Waals surface area contributed by atoms with Crippen LogP contribution in [-0.2, 0) is 9.59 Å². The van der Waals surface area contributed by atoms with E-state index in [-0.39, 0.29) is 24.3 Å². The lowest BCUT2D eigenvalue weighted by atomic mass is 10.0. The van der Waals surface area contributed by atoms with Crippen molar-refractivity contribution in [2.75, 3.05) is 19.6 Å². The molecule has 0 aliphatic carbocycles. The Labute approximate surface area is 138 Å². The zero-order valence-electron chi connectivity index (χ0n) is 13.7. The van der Waals surface area contributed by atoms with Crippen molar-refractivity contribution in [1.82, 2.24) is 10.2 Å². The van der Waals surface area contributed by atoms with E-state index >= 15 is 0 Å². The Morgan fingerprint density at radius 2 is 1.74 bits per heavy atom. The minimum Gasteiger partial charge on any atom is -0.356 e. The van der Waals surface area contributed by atoms with Crippen LogP contribution >= 0.6 is 0 Å². The molecule has 5 nitrogen and oxygen atoms in total. The highest BCUT2D eigenvalue weighted by Gasteiger charge is 2.16. The predicted molar refractivity (Wildman–Crippen MR) is 90.7 cm³/mol. The minimum atomic E-state index is -0.308. The molecule has 0 radical (unpaired) electrons. The fraction of sp³-hybridized carbons (Fsp3) is 0.556. The largest absolute Gasteiger partial charge is 0.356 e. The van der Waals surface area contributed by atoms with Crippen LogP contribution in [0.25, 0.3) is 0 Å². The smallest absolute Gasteiger partial charge is 0.224 e. The maximum Gasteiger partial charge on any atom is 0.224 e. The molecule has 2 rings (SSSR count). The average Bonchev–Trinajstić information content (AvgIpc) is 2.85. The topological polar surface area (TPSA) is 75.4 Å². The molecule has 1 aromatic carbocycles. The van der Waals surface area contributed by atoms with Crippen molar-refractivity contribution in [3.05, 3.63) is 35.9 Å². The molecule has 1 unspecified atom stereocenters. The molecular weight excluding hydrogens is 290 g/mol. The summed E-state index contributed by atoms with van der Waals surface area (Å²) in [5.74, 6) is 0.0320. The van der Waals surface area contributed by atoms with Gasteiger partial charge in [0.15, 0.2) is 0 Å². The van der Waals surface area contributed by atoms with Gasteiger partial charge in [-0.1, -0.05) is 43.2 Å². The minimum absolute atomic E-state index is 0.106. The van der Waals surface area contributed by atoms with Gasteiger partial charge in [0, 0.05) is 38.5 Å². The number of hydrogen-bond acceptors (Lipinski definition) is 3. The standard InChI is InChI=1S/C18H27N3O2/c19-16(15-8-4-3-5-9-15)14-17(22)20-11-10-18(23)21-12-6-1-2-7-13-21/h3-5,8-9,16H,1-2,6-7,10-14,19H2,(H,20,22). The highest BCUT2D eigenvalue weighted by molar-refractivity contribution is 5.79. The van der Waals surface area contributed by atoms with E-state index in [0.717, 1.165) is 31.5 Å². The van der Waals surface area contributed by atoms with Gasteiger partial charge < -0.3 is 16.0 Å². The fourth-order valence-corrected chi connectivity index (χ4v) is 2.88. The lowest BCUT2D eigenvalue weighted by molar-refractivity contribution is -0.131. The van der Waals surface area contributed by atoms with Crippen molar-refractivity contribution in [2.45, 2.75) is 44.6 Å². The summed E-state index contributed by atoms with van der Waals surface area (Å²) in [6.07, 6.45) is 5.19. The first-order valence-electron chi connectivity index (χ1n) is 8.52. The SMILES string of the molecule is NC(CC(=O)NCCC(=O)N1CCCCCC1)c1ccccc1. The second-order valence-electron chi connectivity index (χ2n) is 6.12. The molecule has 1 saturated heterocycles. The molecule has 1 aliphatic rings. The van der Waals surface area contributed by atoms with Gasteiger partial charge in [0.1, 0.15) is 0 Å². The molecule has 0 bridgehead atoms. The zero-order valence-corrected chi connectivity index (χ0v) is 13.7. The van der Waals surface area contributed by atoms with Crippen molar-refractivity contribution in [2.24, 2.45) is 5.73 Å². The number of rotatable bonds is 6. The van der Waals surface area contributed by atoms with E-state index in [1.807, 2.05) is 35.2 Å². The van der Waals surface area contributed by atoms with Crippen LogP contribution in [0.5, 0.6) is 0 Å². The van der Waals surface area contributed by atoms with Gasteiger partial charge in [-0.25, -0.2) is 0 Å². The molecule has 23 heavy (non-hydrogen) atoms. The second kappa shape index (κ2) is 9.30. The Hall–Kier alpha value is -1.88. The van der Waals surface area contributed by atoms with Gasteiger partial charge in [-0.05, 0) is 18.4 Å². The van der Waals surface area contributed by atoms with Crippen LogP contribution in [0.2, 0.25) is 0 Å². The average molecular weight is 317 g/mol. The van der Waals surface area contributed by atoms with Crippen molar-refractivity contribution in [3.8, 4) is 0 Å². The van der Waals surface area contributed by atoms with E-state index in [0.29, 0.717) is 13.0 Å². The van der Waals surface area contributed by atoms with Crippen LogP contribution in [0.3, 0.4) is 0 Å². The van der Waals surface area contributed by atoms with E-state index in [4.69, 9.17) is 5.73 Å². The van der Waals surface area contributed by atoms with Crippen LogP contribution in [-0.4, -0.2) is 36.3 Å². The van der Waals surface area contributed by atoms with Gasteiger partial charge in [0.25, 0.3) is 0 Å². The number of nitrogens with one attached hydrogen (secondary N) is 1. The fourth-order valence-electron chi connectivity index (χ4n) is 2.88. The molecule has 1 aromatic rings. The molecule has 0 spiro atoms. The lowest BCUT2D eigenvalue weighted by Gasteiger charge is -2.20. The molecule has 126 valence electrons. The van der Waals surface area contributed by atoms with E-state index in [9.17, 15) is 9.59 Å². The number of carbonyl (C=O) groups excluding carboxylic acids is 2. The summed E-state index contributed by atoms with van der Waals surface area (Å²) >= 11 is 0. The van der Waals surface area contributed by atoms with E-state index in [1.54, 1.807) is 0 Å². The van der Waals surface area contributed by atoms with Crippen molar-refractivity contribution >= 4 is 11.8 Å². The van der Waals surface area contributed by atoms with Gasteiger partial charge in [-0.2, -0.15) is 0 Å². The normalized spacial score (nSPS) is 16.5. The maximum absolute atomic E-state index is 12.1. The summed E-state index contributed by atoms with van der Waals surface area (Å²) in [4.78, 5) is 26.0. The maximum atomic E-state index is 12.1. The van der Waals surface area contributed by atoms with Gasteiger partial charge >= 0.3 is 0 Å². The summed E-state index contributed by atoms with van der Waals surface area (Å²) < 4.78 is 0. The van der Waals surface area contributed by atoms with Gasteiger partial charge in [-0.3, -0.25) is 9.59 Å². The number of amides is 2. The second-order valence-corrected chi connectivity index (χ2v) is 6.12. The van der Waals surface area contributed by atoms with Crippen LogP contribution in [0.15, 0.2) is 30.3 Å². The van der Waals surface area contributed by atoms with Gasteiger partial charge in [-0.15, -0.1) is 0 Å². The van der Waals surface area contributed by atoms with E-state index in [1.165, 1.54) is 12.8 Å². The first kappa shape index (κ1) is 17.5. The number of carbonyl (C=O) groups is 2. The van der Waals surface area contributed by atoms with Crippen molar-refractivity contribution in [1.29, 1.82) is 0 Å². The Balaban J connectivity index is 1.67. The van der Waals surface area contributed by atoms with Crippen LogP contribution in [0, 0.1) is 0 Å². The number of nitrogens with zero attached hydrogens (tertiary/aromatic N) is 1. The van der Waals surface area contributed by atoms with E-state index in [2.05, 4.69) is 5.32 Å². The molecule has 1 aliphatic heterocycles. The third-order valence-corrected chi connectivity index (χ3v) is 4.25. The predicted octanol–water partition coefficient (Wildman–Crippen LogP) is 1.99. The summed E-state index contributed by atoms with van der Waals surface area (Å²) in [5.41, 5.74) is 6.97. The monoisotopic (exact) mass is 317 g/mol. The Kier molecular flexibility index (Phi) is 7.07.